The predicted octanol–water partition coefficient (Wildman–Crippen LogP) is 3.24. The SMILES string of the molecule is CCC(C(=O)CC(C)C)C(=O)CC(C)C. The molecule has 0 fully saturated rings. The molecule has 0 aliphatic rings. The van der Waals surface area contributed by atoms with Gasteiger partial charge in [-0.15, -0.1) is 0 Å². The molecule has 2 nitrogen and oxygen atoms in total. The second-order valence-corrected chi connectivity index (χ2v) is 5.09. The largest absolute Gasteiger partial charge is 0.299 e. The summed E-state index contributed by atoms with van der Waals surface area (Å²) < 4.78 is 0. The van der Waals surface area contributed by atoms with Crippen molar-refractivity contribution >= 4 is 11.6 Å². The van der Waals surface area contributed by atoms with Crippen LogP contribution in [0.5, 0.6) is 0 Å². The van der Waals surface area contributed by atoms with Crippen LogP contribution in [0.2, 0.25) is 0 Å². The summed E-state index contributed by atoms with van der Waals surface area (Å²) in [6.07, 6.45) is 1.71. The molecule has 0 saturated heterocycles. The summed E-state index contributed by atoms with van der Waals surface area (Å²) in [6, 6.07) is 0. The molecule has 0 bridgehead atoms. The van der Waals surface area contributed by atoms with Gasteiger partial charge in [-0.05, 0) is 18.3 Å². The van der Waals surface area contributed by atoms with Crippen molar-refractivity contribution in [2.75, 3.05) is 0 Å². The lowest BCUT2D eigenvalue weighted by Crippen LogP contribution is -2.25. The van der Waals surface area contributed by atoms with Gasteiger partial charge in [-0.2, -0.15) is 0 Å². The molecule has 0 aliphatic heterocycles. The van der Waals surface area contributed by atoms with Gasteiger partial charge in [0.1, 0.15) is 11.6 Å². The number of hydrogen-bond donors (Lipinski definition) is 0. The zero-order valence-electron chi connectivity index (χ0n) is 10.7. The molecule has 0 N–H and O–H groups in total. The number of carbonyl (C=O) groups excluding carboxylic acids is 2. The van der Waals surface area contributed by atoms with Crippen molar-refractivity contribution < 1.29 is 9.59 Å². The molecule has 0 radical (unpaired) electrons. The summed E-state index contributed by atoms with van der Waals surface area (Å²) in [5.41, 5.74) is 0. The minimum absolute atomic E-state index is 0.123. The maximum atomic E-state index is 11.8. The third kappa shape index (κ3) is 5.71. The molecule has 0 aromatic rings. The van der Waals surface area contributed by atoms with Crippen LogP contribution in [0.1, 0.15) is 53.9 Å². The first kappa shape index (κ1) is 14.3. The van der Waals surface area contributed by atoms with Crippen molar-refractivity contribution in [3.8, 4) is 0 Å². The number of carbonyl (C=O) groups is 2. The predicted molar refractivity (Wildman–Crippen MR) is 62.7 cm³/mol. The summed E-state index contributed by atoms with van der Waals surface area (Å²) in [5, 5.41) is 0. The van der Waals surface area contributed by atoms with E-state index in [1.165, 1.54) is 0 Å². The molecule has 0 atom stereocenters. The van der Waals surface area contributed by atoms with Crippen molar-refractivity contribution in [3.05, 3.63) is 0 Å². The number of hydrogen-bond acceptors (Lipinski definition) is 2. The van der Waals surface area contributed by atoms with Crippen LogP contribution in [0.25, 0.3) is 0 Å². The number of ketones is 2. The normalized spacial score (nSPS) is 11.5. The molecule has 0 rings (SSSR count). The minimum atomic E-state index is -0.352. The molecule has 0 spiro atoms. The van der Waals surface area contributed by atoms with Crippen molar-refractivity contribution in [3.63, 3.8) is 0 Å². The lowest BCUT2D eigenvalue weighted by atomic mass is 9.87. The molecule has 0 aromatic heterocycles. The van der Waals surface area contributed by atoms with Crippen LogP contribution in [0.15, 0.2) is 0 Å². The second-order valence-electron chi connectivity index (χ2n) is 5.09. The molecule has 0 saturated carbocycles. The standard InChI is InChI=1S/C13H24O2/c1-6-11(12(14)7-9(2)3)13(15)8-10(4)5/h9-11H,6-8H2,1-5H3. The lowest BCUT2D eigenvalue weighted by molar-refractivity contribution is -0.133. The topological polar surface area (TPSA) is 34.1 Å². The first-order valence-corrected chi connectivity index (χ1v) is 5.93. The highest BCUT2D eigenvalue weighted by molar-refractivity contribution is 6.02. The Morgan fingerprint density at radius 2 is 1.20 bits per heavy atom. The second kappa shape index (κ2) is 6.76. The lowest BCUT2D eigenvalue weighted by Gasteiger charge is -2.15. The van der Waals surface area contributed by atoms with Gasteiger partial charge in [-0.1, -0.05) is 34.6 Å². The van der Waals surface area contributed by atoms with Crippen molar-refractivity contribution in [1.29, 1.82) is 0 Å². The molecular formula is C13H24O2. The Hall–Kier alpha value is -0.660. The van der Waals surface area contributed by atoms with E-state index in [9.17, 15) is 9.59 Å². The van der Waals surface area contributed by atoms with E-state index in [2.05, 4.69) is 0 Å². The van der Waals surface area contributed by atoms with Crippen molar-refractivity contribution in [1.82, 2.24) is 0 Å². The Morgan fingerprint density at radius 3 is 1.40 bits per heavy atom. The summed E-state index contributed by atoms with van der Waals surface area (Å²) in [5.74, 6) is 0.586. The van der Waals surface area contributed by atoms with E-state index >= 15 is 0 Å². The fourth-order valence-electron chi connectivity index (χ4n) is 1.72. The molecule has 0 unspecified atom stereocenters. The number of Topliss-reactive ketones (excluding diaryl/α,β-unsaturated/α-hetero) is 2. The molecule has 0 heterocycles. The van der Waals surface area contributed by atoms with Gasteiger partial charge in [0.2, 0.25) is 0 Å². The average molecular weight is 212 g/mol. The minimum Gasteiger partial charge on any atom is -0.299 e. The van der Waals surface area contributed by atoms with Crippen LogP contribution in [0, 0.1) is 17.8 Å². The molecule has 15 heavy (non-hydrogen) atoms. The van der Waals surface area contributed by atoms with E-state index in [0.717, 1.165) is 0 Å². The fourth-order valence-corrected chi connectivity index (χ4v) is 1.72. The Balaban J connectivity index is 4.34. The van der Waals surface area contributed by atoms with E-state index < -0.39 is 0 Å². The molecule has 0 aliphatic carbocycles. The molecule has 88 valence electrons. The summed E-state index contributed by atoms with van der Waals surface area (Å²) in [6.45, 7) is 9.96. The Bertz CT molecular complexity index is 195. The van der Waals surface area contributed by atoms with Gasteiger partial charge in [0, 0.05) is 12.8 Å². The van der Waals surface area contributed by atoms with Gasteiger partial charge < -0.3 is 0 Å². The van der Waals surface area contributed by atoms with Gasteiger partial charge >= 0.3 is 0 Å². The molecule has 0 amide bonds. The van der Waals surface area contributed by atoms with Crippen LogP contribution in [-0.4, -0.2) is 11.6 Å². The van der Waals surface area contributed by atoms with E-state index in [-0.39, 0.29) is 17.5 Å². The first-order chi connectivity index (χ1) is 6.88. The summed E-state index contributed by atoms with van der Waals surface area (Å²) in [4.78, 5) is 23.6. The van der Waals surface area contributed by atoms with E-state index in [4.69, 9.17) is 0 Å². The van der Waals surface area contributed by atoms with Crippen LogP contribution in [0.4, 0.5) is 0 Å². The Kier molecular flexibility index (Phi) is 6.46. The quantitative estimate of drug-likeness (QED) is 0.607. The fraction of sp³-hybridized carbons (Fsp3) is 0.846. The maximum Gasteiger partial charge on any atom is 0.143 e. The average Bonchev–Trinajstić information content (AvgIpc) is 2.01. The summed E-state index contributed by atoms with van der Waals surface area (Å²) in [7, 11) is 0. The van der Waals surface area contributed by atoms with Gasteiger partial charge in [0.15, 0.2) is 0 Å². The van der Waals surface area contributed by atoms with Gasteiger partial charge in [-0.25, -0.2) is 0 Å². The highest BCUT2D eigenvalue weighted by Crippen LogP contribution is 2.16. The van der Waals surface area contributed by atoms with Crippen LogP contribution >= 0.6 is 0 Å². The van der Waals surface area contributed by atoms with Crippen LogP contribution < -0.4 is 0 Å². The third-order valence-electron chi connectivity index (χ3n) is 2.40. The molecule has 0 aromatic carbocycles. The van der Waals surface area contributed by atoms with Gasteiger partial charge in [0.05, 0.1) is 5.92 Å². The van der Waals surface area contributed by atoms with Crippen LogP contribution in [0.3, 0.4) is 0 Å². The highest BCUT2D eigenvalue weighted by Gasteiger charge is 2.24. The van der Waals surface area contributed by atoms with E-state index in [1.807, 2.05) is 34.6 Å². The van der Waals surface area contributed by atoms with E-state index in [0.29, 0.717) is 31.1 Å². The third-order valence-corrected chi connectivity index (χ3v) is 2.40. The zero-order chi connectivity index (χ0) is 12.0. The van der Waals surface area contributed by atoms with E-state index in [1.54, 1.807) is 0 Å². The van der Waals surface area contributed by atoms with Gasteiger partial charge in [-0.3, -0.25) is 9.59 Å². The maximum absolute atomic E-state index is 11.8. The first-order valence-electron chi connectivity index (χ1n) is 5.93. The monoisotopic (exact) mass is 212 g/mol. The van der Waals surface area contributed by atoms with Crippen LogP contribution in [-0.2, 0) is 9.59 Å². The molecule has 2 heteroatoms. The molecular weight excluding hydrogens is 188 g/mol. The number of rotatable bonds is 7. The zero-order valence-corrected chi connectivity index (χ0v) is 10.7. The summed E-state index contributed by atoms with van der Waals surface area (Å²) >= 11 is 0. The van der Waals surface area contributed by atoms with Crippen molar-refractivity contribution in [2.24, 2.45) is 17.8 Å². The van der Waals surface area contributed by atoms with Gasteiger partial charge in [0.25, 0.3) is 0 Å². The Labute approximate surface area is 93.4 Å². The smallest absolute Gasteiger partial charge is 0.143 e. The highest BCUT2D eigenvalue weighted by atomic mass is 16.1. The van der Waals surface area contributed by atoms with Crippen molar-refractivity contribution in [2.45, 2.75) is 53.9 Å². The Morgan fingerprint density at radius 1 is 0.867 bits per heavy atom.